The van der Waals surface area contributed by atoms with Crippen molar-refractivity contribution in [3.8, 4) is 0 Å². The number of rotatable bonds is 1. The monoisotopic (exact) mass is 171 g/mol. The van der Waals surface area contributed by atoms with Crippen LogP contribution in [0.3, 0.4) is 0 Å². The number of nitrogens with zero attached hydrogens (tertiary/aromatic N) is 2. The van der Waals surface area contributed by atoms with E-state index in [1.165, 1.54) is 6.92 Å². The molecular formula is C8H17N3O. The van der Waals surface area contributed by atoms with Crippen molar-refractivity contribution in [3.63, 3.8) is 0 Å². The van der Waals surface area contributed by atoms with Gasteiger partial charge in [-0.05, 0) is 0 Å². The zero-order chi connectivity index (χ0) is 9.56. The van der Waals surface area contributed by atoms with Crippen LogP contribution in [0.4, 0.5) is 5.82 Å². The van der Waals surface area contributed by atoms with Gasteiger partial charge >= 0.3 is 0 Å². The highest BCUT2D eigenvalue weighted by molar-refractivity contribution is 5.87. The molecule has 1 aromatic heterocycles. The van der Waals surface area contributed by atoms with E-state index in [-0.39, 0.29) is 7.33 Å². The lowest BCUT2D eigenvalue weighted by Crippen LogP contribution is -2.09. The van der Waals surface area contributed by atoms with E-state index in [1.807, 2.05) is 13.8 Å². The van der Waals surface area contributed by atoms with Gasteiger partial charge in [-0.1, -0.05) is 13.8 Å². The molecule has 0 unspecified atom stereocenters. The third kappa shape index (κ3) is 3.18. The summed E-state index contributed by atoms with van der Waals surface area (Å²) in [6, 6.07) is 1.74. The Balaban J connectivity index is 0. The summed E-state index contributed by atoms with van der Waals surface area (Å²) in [5, 5.41) is 6.49. The average molecular weight is 171 g/mol. The normalized spacial score (nSPS) is 8.33. The van der Waals surface area contributed by atoms with Crippen LogP contribution in [-0.2, 0) is 11.8 Å². The summed E-state index contributed by atoms with van der Waals surface area (Å²) in [6.07, 6.45) is 1.63. The van der Waals surface area contributed by atoms with Gasteiger partial charge in [0.05, 0.1) is 6.20 Å². The maximum atomic E-state index is 10.5. The summed E-state index contributed by atoms with van der Waals surface area (Å²) in [5.74, 6) is 0.635. The zero-order valence-electron chi connectivity index (χ0n) is 7.96. The van der Waals surface area contributed by atoms with E-state index in [0.29, 0.717) is 5.82 Å². The summed E-state index contributed by atoms with van der Waals surface area (Å²) < 4.78 is 1.60. The van der Waals surface area contributed by atoms with Crippen molar-refractivity contribution in [2.24, 2.45) is 7.05 Å². The molecule has 70 valence electrons. The summed E-state index contributed by atoms with van der Waals surface area (Å²) >= 11 is 0. The van der Waals surface area contributed by atoms with Crippen LogP contribution in [0.2, 0.25) is 0 Å². The number of hydrogen-bond acceptors (Lipinski definition) is 2. The number of aryl methyl sites for hydroxylation is 1. The van der Waals surface area contributed by atoms with Crippen LogP contribution < -0.4 is 5.32 Å². The molecule has 0 atom stereocenters. The first-order valence-corrected chi connectivity index (χ1v) is 3.96. The Morgan fingerprint density at radius 2 is 2.25 bits per heavy atom. The number of amides is 1. The van der Waals surface area contributed by atoms with E-state index in [0.717, 1.165) is 0 Å². The molecule has 0 fully saturated rings. The molecule has 0 aliphatic rings. The first-order valence-electron chi connectivity index (χ1n) is 3.96. The first kappa shape index (κ1) is 10.7. The van der Waals surface area contributed by atoms with Crippen molar-refractivity contribution in [1.29, 1.82) is 0 Å². The molecule has 0 saturated carbocycles. The fraction of sp³-hybridized carbons (Fsp3) is 0.500. The van der Waals surface area contributed by atoms with E-state index in [9.17, 15) is 4.79 Å². The van der Waals surface area contributed by atoms with Crippen molar-refractivity contribution in [2.45, 2.75) is 20.8 Å². The van der Waals surface area contributed by atoms with Gasteiger partial charge in [0, 0.05) is 21.5 Å². The standard InChI is InChI=1S/C6H9N3O.C2H6.H2/c1-5(10)8-6-3-4-7-9(6)2;1-2;/h3-4H,1-2H3,(H,8,10);1-2H3;1H. The Hall–Kier alpha value is -1.32. The van der Waals surface area contributed by atoms with Gasteiger partial charge in [-0.25, -0.2) is 0 Å². The van der Waals surface area contributed by atoms with Gasteiger partial charge < -0.3 is 5.32 Å². The van der Waals surface area contributed by atoms with E-state index < -0.39 is 0 Å². The van der Waals surface area contributed by atoms with Gasteiger partial charge in [-0.15, -0.1) is 0 Å². The van der Waals surface area contributed by atoms with Crippen molar-refractivity contribution in [1.82, 2.24) is 9.78 Å². The van der Waals surface area contributed by atoms with E-state index in [4.69, 9.17) is 0 Å². The Bertz CT molecular complexity index is 247. The van der Waals surface area contributed by atoms with Crippen molar-refractivity contribution >= 4 is 11.7 Å². The second-order valence-corrected chi connectivity index (χ2v) is 2.02. The maximum Gasteiger partial charge on any atom is 0.222 e. The fourth-order valence-corrected chi connectivity index (χ4v) is 0.677. The SMILES string of the molecule is CC.CC(=O)Nc1ccnn1C.[HH]. The van der Waals surface area contributed by atoms with Crippen LogP contribution >= 0.6 is 0 Å². The van der Waals surface area contributed by atoms with Crippen LogP contribution in [-0.4, -0.2) is 15.7 Å². The molecule has 0 spiro atoms. The third-order valence-corrected chi connectivity index (χ3v) is 1.13. The zero-order valence-corrected chi connectivity index (χ0v) is 7.96. The first-order chi connectivity index (χ1) is 5.70. The lowest BCUT2D eigenvalue weighted by Gasteiger charge is -1.99. The molecule has 0 saturated heterocycles. The average Bonchev–Trinajstić information content (AvgIpc) is 2.40. The van der Waals surface area contributed by atoms with Gasteiger partial charge in [0.2, 0.25) is 5.91 Å². The molecule has 12 heavy (non-hydrogen) atoms. The minimum absolute atomic E-state index is 0. The summed E-state index contributed by atoms with van der Waals surface area (Å²) in [4.78, 5) is 10.5. The van der Waals surface area contributed by atoms with Crippen LogP contribution in [0, 0.1) is 0 Å². The van der Waals surface area contributed by atoms with Crippen LogP contribution in [0.15, 0.2) is 12.3 Å². The lowest BCUT2D eigenvalue weighted by molar-refractivity contribution is -0.114. The summed E-state index contributed by atoms with van der Waals surface area (Å²) in [5.41, 5.74) is 0. The Morgan fingerprint density at radius 1 is 1.67 bits per heavy atom. The Morgan fingerprint density at radius 3 is 2.58 bits per heavy atom. The predicted octanol–water partition coefficient (Wildman–Crippen LogP) is 1.65. The number of carbonyl (C=O) groups excluding carboxylic acids is 1. The van der Waals surface area contributed by atoms with Crippen LogP contribution in [0.25, 0.3) is 0 Å². The topological polar surface area (TPSA) is 46.9 Å². The number of hydrogen-bond donors (Lipinski definition) is 1. The molecule has 0 aromatic carbocycles. The van der Waals surface area contributed by atoms with E-state index in [2.05, 4.69) is 10.4 Å². The Kier molecular flexibility index (Phi) is 4.76. The molecule has 4 heteroatoms. The molecule has 0 radical (unpaired) electrons. The fourth-order valence-electron chi connectivity index (χ4n) is 0.677. The molecule has 1 heterocycles. The van der Waals surface area contributed by atoms with Crippen LogP contribution in [0.5, 0.6) is 0 Å². The minimum Gasteiger partial charge on any atom is -0.311 e. The van der Waals surface area contributed by atoms with Gasteiger partial charge in [0.1, 0.15) is 5.82 Å². The largest absolute Gasteiger partial charge is 0.311 e. The molecule has 4 nitrogen and oxygen atoms in total. The van der Waals surface area contributed by atoms with Gasteiger partial charge in [-0.3, -0.25) is 9.48 Å². The number of carbonyl (C=O) groups is 1. The molecule has 1 N–H and O–H groups in total. The minimum atomic E-state index is -0.0800. The number of aromatic nitrogens is 2. The highest BCUT2D eigenvalue weighted by atomic mass is 16.1. The summed E-state index contributed by atoms with van der Waals surface area (Å²) in [7, 11) is 1.77. The molecule has 0 aliphatic heterocycles. The second kappa shape index (κ2) is 5.35. The predicted molar refractivity (Wildman–Crippen MR) is 51.0 cm³/mol. The highest BCUT2D eigenvalue weighted by Crippen LogP contribution is 2.01. The molecule has 1 amide bonds. The smallest absolute Gasteiger partial charge is 0.222 e. The summed E-state index contributed by atoms with van der Waals surface area (Å²) in [6.45, 7) is 5.47. The molecular weight excluding hydrogens is 154 g/mol. The van der Waals surface area contributed by atoms with Gasteiger partial charge in [-0.2, -0.15) is 5.10 Å². The third-order valence-electron chi connectivity index (χ3n) is 1.13. The molecule has 0 aliphatic carbocycles. The quantitative estimate of drug-likeness (QED) is 0.698. The second-order valence-electron chi connectivity index (χ2n) is 2.02. The lowest BCUT2D eigenvalue weighted by atomic mass is 10.6. The van der Waals surface area contributed by atoms with E-state index in [1.54, 1.807) is 24.0 Å². The molecule has 0 bridgehead atoms. The van der Waals surface area contributed by atoms with E-state index >= 15 is 0 Å². The highest BCUT2D eigenvalue weighted by Gasteiger charge is 1.97. The molecule has 1 rings (SSSR count). The van der Waals surface area contributed by atoms with Crippen molar-refractivity contribution in [2.75, 3.05) is 5.32 Å². The van der Waals surface area contributed by atoms with Gasteiger partial charge in [0.15, 0.2) is 0 Å². The maximum absolute atomic E-state index is 10.5. The number of anilines is 1. The van der Waals surface area contributed by atoms with Gasteiger partial charge in [0.25, 0.3) is 0 Å². The Labute approximate surface area is 74.1 Å². The van der Waals surface area contributed by atoms with Crippen LogP contribution in [0.1, 0.15) is 22.2 Å². The van der Waals surface area contributed by atoms with Crippen molar-refractivity contribution < 1.29 is 6.22 Å². The molecule has 1 aromatic rings. The number of nitrogens with one attached hydrogen (secondary N) is 1. The van der Waals surface area contributed by atoms with Crippen molar-refractivity contribution in [3.05, 3.63) is 12.3 Å².